The molecule has 4 rings (SSSR count). The number of nitrogens with zero attached hydrogens (tertiary/aromatic N) is 3. The van der Waals surface area contributed by atoms with E-state index in [4.69, 9.17) is 16.3 Å². The van der Waals surface area contributed by atoms with Gasteiger partial charge in [-0.2, -0.15) is 5.10 Å². The monoisotopic (exact) mass is 443 g/mol. The van der Waals surface area contributed by atoms with Crippen LogP contribution in [0.2, 0.25) is 5.02 Å². The van der Waals surface area contributed by atoms with Gasteiger partial charge in [0, 0.05) is 17.1 Å². The predicted molar refractivity (Wildman–Crippen MR) is 108 cm³/mol. The molecule has 0 fully saturated rings. The van der Waals surface area contributed by atoms with Gasteiger partial charge in [-0.1, -0.05) is 17.7 Å². The van der Waals surface area contributed by atoms with Crippen LogP contribution in [0.25, 0.3) is 5.69 Å². The van der Waals surface area contributed by atoms with Crippen LogP contribution in [-0.4, -0.2) is 39.2 Å². The molecule has 1 atom stereocenters. The van der Waals surface area contributed by atoms with Gasteiger partial charge in [-0.05, 0) is 35.9 Å². The summed E-state index contributed by atoms with van der Waals surface area (Å²) in [6, 6.07) is 8.53. The fourth-order valence-corrected chi connectivity index (χ4v) is 3.38. The molecule has 2 aromatic carbocycles. The van der Waals surface area contributed by atoms with Crippen molar-refractivity contribution in [2.24, 2.45) is 0 Å². The maximum atomic E-state index is 13.4. The molecule has 1 unspecified atom stereocenters. The molecule has 1 aromatic heterocycles. The SMILES string of the molecule is O=C1CC(C(=O)OCC(=O)Nc2cc(Cl)ccc2-n2cncn2)c2ccc(F)cc2N1. The van der Waals surface area contributed by atoms with E-state index >= 15 is 0 Å². The number of benzene rings is 2. The maximum absolute atomic E-state index is 13.4. The Morgan fingerprint density at radius 2 is 2.13 bits per heavy atom. The molecule has 158 valence electrons. The minimum absolute atomic E-state index is 0.163. The average molecular weight is 444 g/mol. The van der Waals surface area contributed by atoms with E-state index in [1.54, 1.807) is 12.1 Å². The molecule has 0 radical (unpaired) electrons. The first-order chi connectivity index (χ1) is 14.9. The van der Waals surface area contributed by atoms with Crippen molar-refractivity contribution in [3.05, 3.63) is 65.5 Å². The lowest BCUT2D eigenvalue weighted by Crippen LogP contribution is -2.30. The molecule has 3 aromatic rings. The lowest BCUT2D eigenvalue weighted by Gasteiger charge is -2.24. The predicted octanol–water partition coefficient (Wildman–Crippen LogP) is 2.67. The fourth-order valence-electron chi connectivity index (χ4n) is 3.21. The summed E-state index contributed by atoms with van der Waals surface area (Å²) in [6.07, 6.45) is 2.63. The Morgan fingerprint density at radius 3 is 2.90 bits per heavy atom. The van der Waals surface area contributed by atoms with Gasteiger partial charge < -0.3 is 15.4 Å². The molecule has 0 bridgehead atoms. The van der Waals surface area contributed by atoms with Gasteiger partial charge in [-0.3, -0.25) is 14.4 Å². The molecule has 0 spiro atoms. The zero-order chi connectivity index (χ0) is 22.0. The number of hydrogen-bond donors (Lipinski definition) is 2. The number of halogens is 2. The molecule has 2 N–H and O–H groups in total. The van der Waals surface area contributed by atoms with E-state index in [0.717, 1.165) is 6.07 Å². The Morgan fingerprint density at radius 1 is 1.29 bits per heavy atom. The first-order valence-corrected chi connectivity index (χ1v) is 9.49. The lowest BCUT2D eigenvalue weighted by molar-refractivity contribution is -0.149. The number of esters is 1. The highest BCUT2D eigenvalue weighted by Gasteiger charge is 2.32. The van der Waals surface area contributed by atoms with Gasteiger partial charge in [-0.25, -0.2) is 14.1 Å². The number of aromatic nitrogens is 3. The van der Waals surface area contributed by atoms with Crippen LogP contribution < -0.4 is 10.6 Å². The highest BCUT2D eigenvalue weighted by atomic mass is 35.5. The van der Waals surface area contributed by atoms with Crippen LogP contribution >= 0.6 is 11.6 Å². The quantitative estimate of drug-likeness (QED) is 0.586. The second-order valence-electron chi connectivity index (χ2n) is 6.69. The van der Waals surface area contributed by atoms with Gasteiger partial charge >= 0.3 is 5.97 Å². The third kappa shape index (κ3) is 4.53. The summed E-state index contributed by atoms with van der Waals surface area (Å²) in [5.41, 5.74) is 1.49. The zero-order valence-electron chi connectivity index (χ0n) is 15.8. The molecule has 0 saturated heterocycles. The number of ether oxygens (including phenoxy) is 1. The summed E-state index contributed by atoms with van der Waals surface area (Å²) >= 11 is 6.02. The summed E-state index contributed by atoms with van der Waals surface area (Å²) in [5, 5.41) is 9.53. The van der Waals surface area contributed by atoms with Gasteiger partial charge in [0.2, 0.25) is 5.91 Å². The fraction of sp³-hybridized carbons (Fsp3) is 0.150. The Kier molecular flexibility index (Phi) is 5.63. The number of carbonyl (C=O) groups is 3. The molecule has 2 heterocycles. The Labute approximate surface area is 180 Å². The normalized spacial score (nSPS) is 15.0. The van der Waals surface area contributed by atoms with Gasteiger partial charge in [0.05, 0.1) is 17.3 Å². The molecular weight excluding hydrogens is 429 g/mol. The molecule has 2 amide bonds. The Hall–Kier alpha value is -3.79. The third-order valence-corrected chi connectivity index (χ3v) is 4.82. The Bertz CT molecular complexity index is 1170. The van der Waals surface area contributed by atoms with Crippen LogP contribution in [0, 0.1) is 5.82 Å². The molecule has 11 heteroatoms. The third-order valence-electron chi connectivity index (χ3n) is 4.58. The van der Waals surface area contributed by atoms with Gasteiger partial charge in [-0.15, -0.1) is 0 Å². The minimum Gasteiger partial charge on any atom is -0.455 e. The molecule has 0 aliphatic carbocycles. The summed E-state index contributed by atoms with van der Waals surface area (Å²) < 4.78 is 20.0. The second kappa shape index (κ2) is 8.52. The van der Waals surface area contributed by atoms with E-state index in [1.807, 2.05) is 0 Å². The van der Waals surface area contributed by atoms with Crippen molar-refractivity contribution in [1.29, 1.82) is 0 Å². The van der Waals surface area contributed by atoms with Crippen LogP contribution in [-0.2, 0) is 19.1 Å². The lowest BCUT2D eigenvalue weighted by atomic mass is 9.90. The van der Waals surface area contributed by atoms with Crippen LogP contribution in [0.4, 0.5) is 15.8 Å². The topological polar surface area (TPSA) is 115 Å². The van der Waals surface area contributed by atoms with Crippen molar-refractivity contribution in [3.63, 3.8) is 0 Å². The number of hydrogen-bond acceptors (Lipinski definition) is 6. The number of amides is 2. The number of fused-ring (bicyclic) bond motifs is 1. The summed E-state index contributed by atoms with van der Waals surface area (Å²) in [6.45, 7) is -0.587. The number of anilines is 2. The van der Waals surface area contributed by atoms with Crippen molar-refractivity contribution in [1.82, 2.24) is 14.8 Å². The maximum Gasteiger partial charge on any atom is 0.314 e. The first kappa shape index (κ1) is 20.5. The molecule has 31 heavy (non-hydrogen) atoms. The zero-order valence-corrected chi connectivity index (χ0v) is 16.6. The second-order valence-corrected chi connectivity index (χ2v) is 7.13. The molecule has 0 saturated carbocycles. The van der Waals surface area contributed by atoms with E-state index in [1.165, 1.54) is 35.5 Å². The van der Waals surface area contributed by atoms with Crippen molar-refractivity contribution >= 4 is 40.8 Å². The van der Waals surface area contributed by atoms with Crippen molar-refractivity contribution in [2.75, 3.05) is 17.2 Å². The largest absolute Gasteiger partial charge is 0.455 e. The number of carbonyl (C=O) groups excluding carboxylic acids is 3. The number of nitrogens with one attached hydrogen (secondary N) is 2. The van der Waals surface area contributed by atoms with E-state index in [-0.39, 0.29) is 12.1 Å². The minimum atomic E-state index is -0.936. The van der Waals surface area contributed by atoms with Crippen molar-refractivity contribution in [3.8, 4) is 5.69 Å². The summed E-state index contributed by atoms with van der Waals surface area (Å²) in [5.74, 6) is -3.30. The van der Waals surface area contributed by atoms with E-state index in [0.29, 0.717) is 22.0 Å². The van der Waals surface area contributed by atoms with Crippen LogP contribution in [0.5, 0.6) is 0 Å². The smallest absolute Gasteiger partial charge is 0.314 e. The van der Waals surface area contributed by atoms with Crippen LogP contribution in [0.3, 0.4) is 0 Å². The van der Waals surface area contributed by atoms with Crippen LogP contribution in [0.15, 0.2) is 49.1 Å². The van der Waals surface area contributed by atoms with Gasteiger partial charge in [0.1, 0.15) is 18.5 Å². The molecule has 1 aliphatic rings. The molecule has 9 nitrogen and oxygen atoms in total. The van der Waals surface area contributed by atoms with E-state index < -0.39 is 36.1 Å². The van der Waals surface area contributed by atoms with E-state index in [2.05, 4.69) is 20.7 Å². The number of rotatable bonds is 5. The van der Waals surface area contributed by atoms with Crippen molar-refractivity contribution in [2.45, 2.75) is 12.3 Å². The average Bonchev–Trinajstić information content (AvgIpc) is 3.25. The Balaban J connectivity index is 1.44. The molecular formula is C20H15ClFN5O4. The van der Waals surface area contributed by atoms with Crippen LogP contribution in [0.1, 0.15) is 17.9 Å². The first-order valence-electron chi connectivity index (χ1n) is 9.11. The summed E-state index contributed by atoms with van der Waals surface area (Å²) in [4.78, 5) is 40.6. The molecule has 1 aliphatic heterocycles. The van der Waals surface area contributed by atoms with E-state index in [9.17, 15) is 18.8 Å². The van der Waals surface area contributed by atoms with Gasteiger partial charge in [0.15, 0.2) is 6.61 Å². The summed E-state index contributed by atoms with van der Waals surface area (Å²) in [7, 11) is 0. The van der Waals surface area contributed by atoms with Crippen molar-refractivity contribution < 1.29 is 23.5 Å². The standard InChI is InChI=1S/C20H15ClFN5O4/c21-11-1-4-17(27-10-23-9-24-27)16(5-11)26-19(29)8-31-20(30)14-7-18(28)25-15-6-12(22)2-3-13(14)15/h1-6,9-10,14H,7-8H2,(H,25,28)(H,26,29). The van der Waals surface area contributed by atoms with Gasteiger partial charge in [0.25, 0.3) is 5.91 Å². The highest BCUT2D eigenvalue weighted by molar-refractivity contribution is 6.31. The highest BCUT2D eigenvalue weighted by Crippen LogP contribution is 2.33.